The minimum atomic E-state index is -0.670. The molecule has 1 atom stereocenters. The Morgan fingerprint density at radius 1 is 1.17 bits per heavy atom. The van der Waals surface area contributed by atoms with Gasteiger partial charge in [0, 0.05) is 12.2 Å². The zero-order chi connectivity index (χ0) is 16.8. The number of ether oxygens (including phenoxy) is 1. The van der Waals surface area contributed by atoms with Gasteiger partial charge in [0.15, 0.2) is 6.10 Å². The molecule has 0 radical (unpaired) electrons. The first-order valence-corrected chi connectivity index (χ1v) is 7.44. The second kappa shape index (κ2) is 7.41. The smallest absolute Gasteiger partial charge is 0.272 e. The molecular formula is C18H19N3O2. The van der Waals surface area contributed by atoms with Crippen LogP contribution in [0.1, 0.15) is 31.1 Å². The van der Waals surface area contributed by atoms with E-state index in [-0.39, 0.29) is 11.9 Å². The van der Waals surface area contributed by atoms with Gasteiger partial charge in [0.2, 0.25) is 0 Å². The topological polar surface area (TPSA) is 67.4 Å². The number of carbonyl (C=O) groups excluding carboxylic acids is 1. The Balaban J connectivity index is 2.21. The van der Waals surface area contributed by atoms with E-state index in [2.05, 4.69) is 4.99 Å². The second-order valence-electron chi connectivity index (χ2n) is 5.39. The van der Waals surface area contributed by atoms with E-state index < -0.39 is 6.10 Å². The van der Waals surface area contributed by atoms with Crippen molar-refractivity contribution in [3.8, 4) is 11.8 Å². The van der Waals surface area contributed by atoms with Crippen LogP contribution in [0.25, 0.3) is 0 Å². The van der Waals surface area contributed by atoms with Crippen LogP contribution in [0.5, 0.6) is 5.75 Å². The molecule has 0 bridgehead atoms. The highest BCUT2D eigenvalue weighted by atomic mass is 16.5. The van der Waals surface area contributed by atoms with Crippen LogP contribution in [0.4, 0.5) is 0 Å². The van der Waals surface area contributed by atoms with Crippen LogP contribution in [-0.4, -0.2) is 22.6 Å². The zero-order valence-corrected chi connectivity index (χ0v) is 13.4. The van der Waals surface area contributed by atoms with E-state index in [0.29, 0.717) is 16.8 Å². The lowest BCUT2D eigenvalue weighted by molar-refractivity contribution is 0.0721. The van der Waals surface area contributed by atoms with Gasteiger partial charge < -0.3 is 4.74 Å². The van der Waals surface area contributed by atoms with Crippen molar-refractivity contribution < 1.29 is 9.53 Å². The number of nitrogens with zero attached hydrogens (tertiary/aromatic N) is 3. The summed E-state index contributed by atoms with van der Waals surface area (Å²) in [5.41, 5.74) is 1.15. The molecule has 0 aliphatic heterocycles. The van der Waals surface area contributed by atoms with Crippen LogP contribution >= 0.6 is 0 Å². The summed E-state index contributed by atoms with van der Waals surface area (Å²) in [4.78, 5) is 17.0. The maximum Gasteiger partial charge on any atom is 0.272 e. The van der Waals surface area contributed by atoms with Crippen molar-refractivity contribution in [2.24, 2.45) is 4.99 Å². The summed E-state index contributed by atoms with van der Waals surface area (Å²) in [5, 5.41) is 8.79. The molecule has 0 aliphatic rings. The number of nitriles is 1. The van der Waals surface area contributed by atoms with E-state index in [9.17, 15) is 4.79 Å². The third-order valence-corrected chi connectivity index (χ3v) is 3.11. The monoisotopic (exact) mass is 309 g/mol. The molecular weight excluding hydrogens is 290 g/mol. The summed E-state index contributed by atoms with van der Waals surface area (Å²) >= 11 is 0. The molecule has 118 valence electrons. The van der Waals surface area contributed by atoms with E-state index >= 15 is 0 Å². The third kappa shape index (κ3) is 4.30. The summed E-state index contributed by atoms with van der Waals surface area (Å²) in [6.45, 7) is 5.61. The summed E-state index contributed by atoms with van der Waals surface area (Å²) in [7, 11) is 0. The van der Waals surface area contributed by atoms with E-state index in [1.807, 2.05) is 26.0 Å². The van der Waals surface area contributed by atoms with Gasteiger partial charge in [0.25, 0.3) is 5.91 Å². The summed E-state index contributed by atoms with van der Waals surface area (Å²) in [5.74, 6) is 0.345. The summed E-state index contributed by atoms with van der Waals surface area (Å²) in [6.07, 6.45) is 1.01. The van der Waals surface area contributed by atoms with Crippen molar-refractivity contribution in [1.82, 2.24) is 4.57 Å². The van der Waals surface area contributed by atoms with Gasteiger partial charge in [-0.1, -0.05) is 6.07 Å². The van der Waals surface area contributed by atoms with Crippen molar-refractivity contribution in [3.05, 3.63) is 59.7 Å². The molecule has 1 aromatic carbocycles. The lowest BCUT2D eigenvalue weighted by atomic mass is 10.2. The number of hydrogen-bond acceptors (Lipinski definition) is 4. The maximum atomic E-state index is 12.6. The van der Waals surface area contributed by atoms with Crippen molar-refractivity contribution in [2.45, 2.75) is 32.9 Å². The average molecular weight is 309 g/mol. The molecule has 0 spiro atoms. The molecule has 2 rings (SSSR count). The second-order valence-corrected chi connectivity index (χ2v) is 5.39. The molecule has 1 unspecified atom stereocenters. The van der Waals surface area contributed by atoms with Gasteiger partial charge in [-0.3, -0.25) is 14.4 Å². The van der Waals surface area contributed by atoms with Gasteiger partial charge in [-0.25, -0.2) is 0 Å². The zero-order valence-electron chi connectivity index (χ0n) is 13.4. The largest absolute Gasteiger partial charge is 0.481 e. The van der Waals surface area contributed by atoms with Crippen LogP contribution in [0.3, 0.4) is 0 Å². The van der Waals surface area contributed by atoms with Crippen molar-refractivity contribution >= 4 is 5.91 Å². The maximum absolute atomic E-state index is 12.6. The standard InChI is InChI=1S/C18H19N3O2/c1-13(2)20-17-6-4-5-11-21(17)18(22)14(3)23-16-9-7-15(12-19)8-10-16/h4-11,13-14H,1-3H3. The Labute approximate surface area is 135 Å². The molecule has 23 heavy (non-hydrogen) atoms. The normalized spacial score (nSPS) is 12.7. The highest BCUT2D eigenvalue weighted by molar-refractivity contribution is 5.83. The molecule has 0 fully saturated rings. The number of hydrogen-bond donors (Lipinski definition) is 0. The SMILES string of the molecule is CC(C)N=c1ccccn1C(=O)C(C)Oc1ccc(C#N)cc1. The highest BCUT2D eigenvalue weighted by Gasteiger charge is 2.17. The average Bonchev–Trinajstić information content (AvgIpc) is 2.55. The van der Waals surface area contributed by atoms with Gasteiger partial charge in [0.05, 0.1) is 11.6 Å². The molecule has 0 aliphatic carbocycles. The Kier molecular flexibility index (Phi) is 5.32. The summed E-state index contributed by atoms with van der Waals surface area (Å²) in [6, 6.07) is 14.2. The van der Waals surface area contributed by atoms with E-state index in [4.69, 9.17) is 10.00 Å². The van der Waals surface area contributed by atoms with E-state index in [0.717, 1.165) is 0 Å². The molecule has 0 amide bonds. The first-order valence-electron chi connectivity index (χ1n) is 7.44. The first-order chi connectivity index (χ1) is 11.0. The predicted octanol–water partition coefficient (Wildman–Crippen LogP) is 2.78. The van der Waals surface area contributed by atoms with E-state index in [1.165, 1.54) is 4.57 Å². The van der Waals surface area contributed by atoms with Gasteiger partial charge in [-0.05, 0) is 57.2 Å². The van der Waals surface area contributed by atoms with Crippen molar-refractivity contribution in [2.75, 3.05) is 0 Å². The number of rotatable bonds is 4. The molecule has 5 heteroatoms. The highest BCUT2D eigenvalue weighted by Crippen LogP contribution is 2.13. The number of aromatic nitrogens is 1. The van der Waals surface area contributed by atoms with Crippen LogP contribution in [0.2, 0.25) is 0 Å². The quantitative estimate of drug-likeness (QED) is 0.872. The molecule has 0 N–H and O–H groups in total. The first kappa shape index (κ1) is 16.5. The number of carbonyl (C=O) groups is 1. The van der Waals surface area contributed by atoms with Gasteiger partial charge >= 0.3 is 0 Å². The molecule has 2 aromatic rings. The lowest BCUT2D eigenvalue weighted by Gasteiger charge is -2.15. The third-order valence-electron chi connectivity index (χ3n) is 3.11. The molecule has 1 heterocycles. The van der Waals surface area contributed by atoms with Crippen molar-refractivity contribution in [3.63, 3.8) is 0 Å². The summed E-state index contributed by atoms with van der Waals surface area (Å²) < 4.78 is 7.16. The molecule has 0 saturated heterocycles. The van der Waals surface area contributed by atoms with Crippen molar-refractivity contribution in [1.29, 1.82) is 5.26 Å². The minimum Gasteiger partial charge on any atom is -0.481 e. The molecule has 0 saturated carbocycles. The molecule has 5 nitrogen and oxygen atoms in total. The van der Waals surface area contributed by atoms with Gasteiger partial charge in [-0.2, -0.15) is 5.26 Å². The van der Waals surface area contributed by atoms with Crippen LogP contribution in [-0.2, 0) is 0 Å². The lowest BCUT2D eigenvalue weighted by Crippen LogP contribution is -2.36. The molecule has 1 aromatic heterocycles. The fourth-order valence-electron chi connectivity index (χ4n) is 2.05. The number of benzene rings is 1. The minimum absolute atomic E-state index is 0.0891. The fraction of sp³-hybridized carbons (Fsp3) is 0.278. The predicted molar refractivity (Wildman–Crippen MR) is 87.0 cm³/mol. The van der Waals surface area contributed by atoms with Gasteiger partial charge in [0.1, 0.15) is 11.2 Å². The Hall–Kier alpha value is -2.87. The van der Waals surface area contributed by atoms with E-state index in [1.54, 1.807) is 49.5 Å². The Morgan fingerprint density at radius 3 is 2.48 bits per heavy atom. The fourth-order valence-corrected chi connectivity index (χ4v) is 2.05. The van der Waals surface area contributed by atoms with Crippen LogP contribution < -0.4 is 10.2 Å². The number of pyridine rings is 1. The Bertz CT molecular complexity index is 783. The van der Waals surface area contributed by atoms with Crippen LogP contribution in [0, 0.1) is 11.3 Å². The van der Waals surface area contributed by atoms with Gasteiger partial charge in [-0.15, -0.1) is 0 Å². The van der Waals surface area contributed by atoms with Crippen LogP contribution in [0.15, 0.2) is 53.7 Å². The Morgan fingerprint density at radius 2 is 1.87 bits per heavy atom.